The third-order valence-corrected chi connectivity index (χ3v) is 4.22. The minimum atomic E-state index is 0.0326. The summed E-state index contributed by atoms with van der Waals surface area (Å²) >= 11 is 0. The Morgan fingerprint density at radius 1 is 1.04 bits per heavy atom. The lowest BCUT2D eigenvalue weighted by Gasteiger charge is -2.17. The molecule has 5 heteroatoms. The summed E-state index contributed by atoms with van der Waals surface area (Å²) in [6.45, 7) is 2.18. The molecule has 0 spiro atoms. The summed E-state index contributed by atoms with van der Waals surface area (Å²) in [4.78, 5) is 13.7. The zero-order valence-electron chi connectivity index (χ0n) is 14.1. The van der Waals surface area contributed by atoms with E-state index in [1.165, 1.54) is 0 Å². The van der Waals surface area contributed by atoms with Crippen LogP contribution in [-0.4, -0.2) is 37.4 Å². The fourth-order valence-electron chi connectivity index (χ4n) is 2.86. The van der Waals surface area contributed by atoms with Crippen molar-refractivity contribution < 1.29 is 19.4 Å². The molecule has 1 atom stereocenters. The van der Waals surface area contributed by atoms with Crippen LogP contribution in [0.2, 0.25) is 0 Å². The van der Waals surface area contributed by atoms with Gasteiger partial charge < -0.3 is 19.5 Å². The number of hydrogen-bond donors (Lipinski definition) is 1. The Labute approximate surface area is 147 Å². The lowest BCUT2D eigenvalue weighted by molar-refractivity contribution is -0.117. The number of aliphatic hydroxyl groups is 1. The maximum Gasteiger partial charge on any atom is 0.227 e. The van der Waals surface area contributed by atoms with Gasteiger partial charge in [-0.3, -0.25) is 4.79 Å². The number of rotatable bonds is 8. The molecule has 3 rings (SSSR count). The second-order valence-corrected chi connectivity index (χ2v) is 6.14. The number of ether oxygens (including phenoxy) is 2. The van der Waals surface area contributed by atoms with Crippen molar-refractivity contribution in [2.45, 2.75) is 13.0 Å². The highest BCUT2D eigenvalue weighted by molar-refractivity contribution is 5.95. The number of nitrogens with zero attached hydrogens (tertiary/aromatic N) is 1. The number of anilines is 1. The fourth-order valence-corrected chi connectivity index (χ4v) is 2.86. The molecular formula is C20H23NO4. The zero-order chi connectivity index (χ0) is 17.5. The van der Waals surface area contributed by atoms with E-state index in [1.54, 1.807) is 4.90 Å². The molecule has 1 fully saturated rings. The van der Waals surface area contributed by atoms with Crippen molar-refractivity contribution in [2.75, 3.05) is 31.3 Å². The van der Waals surface area contributed by atoms with Crippen molar-refractivity contribution in [1.29, 1.82) is 0 Å². The van der Waals surface area contributed by atoms with Crippen molar-refractivity contribution in [3.63, 3.8) is 0 Å². The van der Waals surface area contributed by atoms with Crippen LogP contribution in [0, 0.1) is 5.92 Å². The van der Waals surface area contributed by atoms with Crippen LogP contribution in [0.4, 0.5) is 5.69 Å². The van der Waals surface area contributed by atoms with E-state index < -0.39 is 0 Å². The zero-order valence-corrected chi connectivity index (χ0v) is 14.1. The van der Waals surface area contributed by atoms with Gasteiger partial charge in [-0.15, -0.1) is 0 Å². The first-order valence-electron chi connectivity index (χ1n) is 8.52. The number of carbonyl (C=O) groups is 1. The molecule has 1 saturated heterocycles. The van der Waals surface area contributed by atoms with Crippen molar-refractivity contribution >= 4 is 11.6 Å². The molecule has 2 aromatic rings. The monoisotopic (exact) mass is 341 g/mol. The highest BCUT2D eigenvalue weighted by atomic mass is 16.5. The van der Waals surface area contributed by atoms with Crippen LogP contribution in [0.5, 0.6) is 5.75 Å². The molecule has 2 aromatic carbocycles. The summed E-state index contributed by atoms with van der Waals surface area (Å²) < 4.78 is 11.2. The van der Waals surface area contributed by atoms with Gasteiger partial charge in [-0.05, 0) is 29.8 Å². The van der Waals surface area contributed by atoms with Gasteiger partial charge in [0.05, 0.1) is 13.2 Å². The molecule has 1 aliphatic rings. The second kappa shape index (κ2) is 8.65. The molecule has 1 heterocycles. The van der Waals surface area contributed by atoms with Gasteiger partial charge >= 0.3 is 0 Å². The van der Waals surface area contributed by atoms with Gasteiger partial charge in [0.2, 0.25) is 5.91 Å². The Hall–Kier alpha value is -2.37. The van der Waals surface area contributed by atoms with Crippen LogP contribution in [0.25, 0.3) is 0 Å². The molecular weight excluding hydrogens is 318 g/mol. The standard InChI is InChI=1S/C20H23NO4/c22-14-17-12-20(23)21(13-17)18-6-8-19(9-7-18)25-11-10-24-15-16-4-2-1-3-5-16/h1-9,17,22H,10-15H2. The number of hydrogen-bond acceptors (Lipinski definition) is 4. The van der Waals surface area contributed by atoms with E-state index >= 15 is 0 Å². The molecule has 1 amide bonds. The Kier molecular flexibility index (Phi) is 6.04. The lowest BCUT2D eigenvalue weighted by atomic mass is 10.1. The van der Waals surface area contributed by atoms with Crippen LogP contribution >= 0.6 is 0 Å². The molecule has 1 aliphatic heterocycles. The first-order valence-corrected chi connectivity index (χ1v) is 8.52. The van der Waals surface area contributed by atoms with E-state index in [9.17, 15) is 9.90 Å². The van der Waals surface area contributed by atoms with Crippen LogP contribution in [0.1, 0.15) is 12.0 Å². The van der Waals surface area contributed by atoms with E-state index in [1.807, 2.05) is 54.6 Å². The molecule has 1 unspecified atom stereocenters. The molecule has 25 heavy (non-hydrogen) atoms. The average molecular weight is 341 g/mol. The van der Waals surface area contributed by atoms with Crippen molar-refractivity contribution in [3.05, 3.63) is 60.2 Å². The molecule has 0 saturated carbocycles. The normalized spacial score (nSPS) is 17.1. The molecule has 1 N–H and O–H groups in total. The van der Waals surface area contributed by atoms with E-state index in [-0.39, 0.29) is 18.4 Å². The Bertz CT molecular complexity index is 672. The van der Waals surface area contributed by atoms with Gasteiger partial charge in [-0.1, -0.05) is 30.3 Å². The summed E-state index contributed by atoms with van der Waals surface area (Å²) in [6, 6.07) is 17.5. The van der Waals surface area contributed by atoms with Gasteiger partial charge in [0.15, 0.2) is 0 Å². The van der Waals surface area contributed by atoms with Crippen LogP contribution in [-0.2, 0) is 16.1 Å². The van der Waals surface area contributed by atoms with Gasteiger partial charge in [0.25, 0.3) is 0 Å². The Balaban J connectivity index is 1.41. The van der Waals surface area contributed by atoms with E-state index in [2.05, 4.69) is 0 Å². The number of amides is 1. The highest BCUT2D eigenvalue weighted by Gasteiger charge is 2.29. The summed E-state index contributed by atoms with van der Waals surface area (Å²) in [5.41, 5.74) is 1.98. The largest absolute Gasteiger partial charge is 0.491 e. The number of aliphatic hydroxyl groups excluding tert-OH is 1. The van der Waals surface area contributed by atoms with E-state index in [0.29, 0.717) is 32.8 Å². The van der Waals surface area contributed by atoms with Gasteiger partial charge in [0.1, 0.15) is 12.4 Å². The fraction of sp³-hybridized carbons (Fsp3) is 0.350. The second-order valence-electron chi connectivity index (χ2n) is 6.14. The van der Waals surface area contributed by atoms with Crippen molar-refractivity contribution in [2.24, 2.45) is 5.92 Å². The predicted octanol–water partition coefficient (Wildman–Crippen LogP) is 2.63. The molecule has 0 bridgehead atoms. The first kappa shape index (κ1) is 17.5. The molecule has 0 aromatic heterocycles. The smallest absolute Gasteiger partial charge is 0.227 e. The molecule has 0 aliphatic carbocycles. The van der Waals surface area contributed by atoms with Crippen LogP contribution < -0.4 is 9.64 Å². The maximum atomic E-state index is 12.0. The quantitative estimate of drug-likeness (QED) is 0.750. The van der Waals surface area contributed by atoms with Gasteiger partial charge in [0, 0.05) is 31.2 Å². The Morgan fingerprint density at radius 2 is 1.80 bits per heavy atom. The summed E-state index contributed by atoms with van der Waals surface area (Å²) in [5, 5.41) is 9.20. The third kappa shape index (κ3) is 4.81. The van der Waals surface area contributed by atoms with Gasteiger partial charge in [-0.2, -0.15) is 0 Å². The molecule has 5 nitrogen and oxygen atoms in total. The summed E-state index contributed by atoms with van der Waals surface area (Å²) in [7, 11) is 0. The average Bonchev–Trinajstić information content (AvgIpc) is 3.04. The SMILES string of the molecule is O=C1CC(CO)CN1c1ccc(OCCOCc2ccccc2)cc1. The Morgan fingerprint density at radius 3 is 2.48 bits per heavy atom. The maximum absolute atomic E-state index is 12.0. The highest BCUT2D eigenvalue weighted by Crippen LogP contribution is 2.26. The summed E-state index contributed by atoms with van der Waals surface area (Å²) in [6.07, 6.45) is 0.410. The molecule has 0 radical (unpaired) electrons. The minimum Gasteiger partial charge on any atom is -0.491 e. The summed E-state index contributed by atoms with van der Waals surface area (Å²) in [5.74, 6) is 0.838. The van der Waals surface area contributed by atoms with Crippen molar-refractivity contribution in [3.8, 4) is 5.75 Å². The molecule has 132 valence electrons. The number of carbonyl (C=O) groups excluding carboxylic acids is 1. The first-order chi connectivity index (χ1) is 12.3. The van der Waals surface area contributed by atoms with Crippen molar-refractivity contribution in [1.82, 2.24) is 0 Å². The minimum absolute atomic E-state index is 0.0326. The van der Waals surface area contributed by atoms with Crippen LogP contribution in [0.15, 0.2) is 54.6 Å². The van der Waals surface area contributed by atoms with E-state index in [4.69, 9.17) is 9.47 Å². The lowest BCUT2D eigenvalue weighted by Crippen LogP contribution is -2.24. The van der Waals surface area contributed by atoms with Gasteiger partial charge in [-0.25, -0.2) is 0 Å². The third-order valence-electron chi connectivity index (χ3n) is 4.22. The van der Waals surface area contributed by atoms with Crippen LogP contribution in [0.3, 0.4) is 0 Å². The predicted molar refractivity (Wildman–Crippen MR) is 95.6 cm³/mol. The topological polar surface area (TPSA) is 59.0 Å². The van der Waals surface area contributed by atoms with E-state index in [0.717, 1.165) is 17.0 Å². The number of benzene rings is 2.